The summed E-state index contributed by atoms with van der Waals surface area (Å²) in [7, 11) is 3.18. The molecule has 0 amide bonds. The van der Waals surface area contributed by atoms with E-state index in [2.05, 4.69) is 25.6 Å². The standard InChI is InChI=1S/C14H14N6O/c1-15-17-11-3-5-13(6-4-11)19-20(21)14-9-7-12(8-10-14)18-16-2/h3-10H,1-2H3. The van der Waals surface area contributed by atoms with Gasteiger partial charge in [0, 0.05) is 31.3 Å². The van der Waals surface area contributed by atoms with E-state index in [1.54, 1.807) is 62.6 Å². The number of rotatable bonds is 4. The third-order valence-electron chi connectivity index (χ3n) is 2.56. The lowest BCUT2D eigenvalue weighted by atomic mass is 10.3. The molecule has 0 radical (unpaired) electrons. The summed E-state index contributed by atoms with van der Waals surface area (Å²) in [4.78, 5) is 0.559. The van der Waals surface area contributed by atoms with Crippen molar-refractivity contribution >= 4 is 22.7 Å². The first kappa shape index (κ1) is 14.4. The van der Waals surface area contributed by atoms with Gasteiger partial charge >= 0.3 is 0 Å². The van der Waals surface area contributed by atoms with E-state index in [0.29, 0.717) is 27.6 Å². The summed E-state index contributed by atoms with van der Waals surface area (Å²) in [5, 5.41) is 31.0. The summed E-state index contributed by atoms with van der Waals surface area (Å²) in [5.74, 6) is 0. The van der Waals surface area contributed by atoms with Crippen LogP contribution in [0.3, 0.4) is 0 Å². The lowest BCUT2D eigenvalue weighted by molar-refractivity contribution is -0.435. The molecule has 7 heteroatoms. The highest BCUT2D eigenvalue weighted by molar-refractivity contribution is 5.47. The van der Waals surface area contributed by atoms with Crippen LogP contribution in [0.1, 0.15) is 0 Å². The Labute approximate surface area is 122 Å². The third kappa shape index (κ3) is 4.00. The van der Waals surface area contributed by atoms with E-state index in [1.807, 2.05) is 0 Å². The Bertz CT molecular complexity index is 674. The fourth-order valence-corrected chi connectivity index (χ4v) is 1.63. The molecule has 0 aliphatic rings. The van der Waals surface area contributed by atoms with E-state index in [9.17, 15) is 5.21 Å². The van der Waals surface area contributed by atoms with Gasteiger partial charge in [-0.1, -0.05) is 4.86 Å². The molecule has 0 saturated heterocycles. The van der Waals surface area contributed by atoms with Crippen LogP contribution in [0, 0.1) is 5.21 Å². The highest BCUT2D eigenvalue weighted by Gasteiger charge is 2.04. The zero-order chi connectivity index (χ0) is 15.1. The lowest BCUT2D eigenvalue weighted by Gasteiger charge is -2.00. The van der Waals surface area contributed by atoms with Crippen LogP contribution >= 0.6 is 0 Å². The number of nitrogens with zero attached hydrogens (tertiary/aromatic N) is 6. The Morgan fingerprint density at radius 3 is 1.62 bits per heavy atom. The van der Waals surface area contributed by atoms with Crippen LogP contribution in [-0.2, 0) is 0 Å². The molecule has 0 aromatic heterocycles. The molecule has 0 N–H and O–H groups in total. The second-order valence-electron chi connectivity index (χ2n) is 4.01. The summed E-state index contributed by atoms with van der Waals surface area (Å²) in [6, 6.07) is 13.6. The van der Waals surface area contributed by atoms with Crippen molar-refractivity contribution in [3.63, 3.8) is 0 Å². The minimum Gasteiger partial charge on any atom is -0.594 e. The molecule has 0 fully saturated rings. The summed E-state index contributed by atoms with van der Waals surface area (Å²) < 4.78 is 0. The van der Waals surface area contributed by atoms with Crippen molar-refractivity contribution in [2.45, 2.75) is 0 Å². The van der Waals surface area contributed by atoms with Crippen LogP contribution < -0.4 is 0 Å². The van der Waals surface area contributed by atoms with Crippen molar-refractivity contribution in [1.29, 1.82) is 0 Å². The van der Waals surface area contributed by atoms with E-state index in [4.69, 9.17) is 0 Å². The second kappa shape index (κ2) is 6.99. The smallest absolute Gasteiger partial charge is 0.245 e. The van der Waals surface area contributed by atoms with Gasteiger partial charge in [0.2, 0.25) is 5.69 Å². The minimum atomic E-state index is 0.419. The van der Waals surface area contributed by atoms with E-state index >= 15 is 0 Å². The predicted molar refractivity (Wildman–Crippen MR) is 79.1 cm³/mol. The first-order valence-corrected chi connectivity index (χ1v) is 6.21. The molecule has 7 nitrogen and oxygen atoms in total. The molecule has 2 aromatic carbocycles. The van der Waals surface area contributed by atoms with Crippen LogP contribution in [0.2, 0.25) is 0 Å². The normalized spacial score (nSPS) is 12.4. The second-order valence-corrected chi connectivity index (χ2v) is 4.01. The molecule has 2 aromatic rings. The summed E-state index contributed by atoms with van der Waals surface area (Å²) in [6.07, 6.45) is 0. The largest absolute Gasteiger partial charge is 0.594 e. The van der Waals surface area contributed by atoms with Gasteiger partial charge in [0.1, 0.15) is 5.69 Å². The number of benzene rings is 2. The van der Waals surface area contributed by atoms with Gasteiger partial charge in [0.05, 0.1) is 11.4 Å². The zero-order valence-corrected chi connectivity index (χ0v) is 11.7. The third-order valence-corrected chi connectivity index (χ3v) is 2.56. The molecule has 0 saturated carbocycles. The van der Waals surface area contributed by atoms with Crippen molar-refractivity contribution in [2.24, 2.45) is 25.6 Å². The van der Waals surface area contributed by atoms with Crippen molar-refractivity contribution in [3.8, 4) is 0 Å². The molecule has 21 heavy (non-hydrogen) atoms. The predicted octanol–water partition coefficient (Wildman–Crippen LogP) is 5.04. The quantitative estimate of drug-likeness (QED) is 0.439. The Hall–Kier alpha value is -2.96. The number of hydrogen-bond acceptors (Lipinski definition) is 6. The molecule has 0 spiro atoms. The van der Waals surface area contributed by atoms with Crippen molar-refractivity contribution in [1.82, 2.24) is 0 Å². The Balaban J connectivity index is 2.19. The lowest BCUT2D eigenvalue weighted by Crippen LogP contribution is -1.89. The average Bonchev–Trinajstić information content (AvgIpc) is 2.50. The van der Waals surface area contributed by atoms with Gasteiger partial charge in [-0.2, -0.15) is 20.5 Å². The fourth-order valence-electron chi connectivity index (χ4n) is 1.63. The minimum absolute atomic E-state index is 0.419. The highest BCUT2D eigenvalue weighted by atomic mass is 16.5. The number of hydrogen-bond donors (Lipinski definition) is 0. The fraction of sp³-hybridized carbons (Fsp3) is 0.143. The number of azo groups is 3. The van der Waals surface area contributed by atoms with Gasteiger partial charge in [-0.3, -0.25) is 0 Å². The maximum atomic E-state index is 11.9. The Morgan fingerprint density at radius 1 is 0.714 bits per heavy atom. The average molecular weight is 282 g/mol. The van der Waals surface area contributed by atoms with Crippen LogP contribution in [0.4, 0.5) is 22.7 Å². The van der Waals surface area contributed by atoms with Crippen LogP contribution in [0.25, 0.3) is 0 Å². The molecule has 0 bridgehead atoms. The Morgan fingerprint density at radius 2 is 1.14 bits per heavy atom. The van der Waals surface area contributed by atoms with Crippen LogP contribution in [-0.4, -0.2) is 19.0 Å². The van der Waals surface area contributed by atoms with Crippen LogP contribution in [0.15, 0.2) is 74.1 Å². The van der Waals surface area contributed by atoms with Gasteiger partial charge < -0.3 is 5.21 Å². The van der Waals surface area contributed by atoms with Gasteiger partial charge in [0.15, 0.2) is 0 Å². The van der Waals surface area contributed by atoms with Crippen molar-refractivity contribution in [2.75, 3.05) is 14.1 Å². The molecule has 106 valence electrons. The molecule has 0 aliphatic heterocycles. The van der Waals surface area contributed by atoms with E-state index in [-0.39, 0.29) is 0 Å². The molecule has 0 heterocycles. The topological polar surface area (TPSA) is 87.9 Å². The molecule has 0 aliphatic carbocycles. The highest BCUT2D eigenvalue weighted by Crippen LogP contribution is 2.23. The van der Waals surface area contributed by atoms with Gasteiger partial charge in [-0.25, -0.2) is 0 Å². The van der Waals surface area contributed by atoms with Gasteiger partial charge in [-0.05, 0) is 36.4 Å². The molecular formula is C14H14N6O. The maximum absolute atomic E-state index is 11.9. The first-order valence-electron chi connectivity index (χ1n) is 6.21. The van der Waals surface area contributed by atoms with Gasteiger partial charge in [-0.15, -0.1) is 0 Å². The molecular weight excluding hydrogens is 268 g/mol. The van der Waals surface area contributed by atoms with E-state index in [0.717, 1.165) is 0 Å². The van der Waals surface area contributed by atoms with Crippen molar-refractivity contribution in [3.05, 3.63) is 53.7 Å². The van der Waals surface area contributed by atoms with Crippen molar-refractivity contribution < 1.29 is 4.86 Å². The van der Waals surface area contributed by atoms with E-state index in [1.165, 1.54) is 0 Å². The summed E-state index contributed by atoms with van der Waals surface area (Å²) >= 11 is 0. The van der Waals surface area contributed by atoms with Gasteiger partial charge in [0.25, 0.3) is 0 Å². The first-order chi connectivity index (χ1) is 10.2. The maximum Gasteiger partial charge on any atom is 0.245 e. The summed E-state index contributed by atoms with van der Waals surface area (Å²) in [6.45, 7) is 0. The summed E-state index contributed by atoms with van der Waals surface area (Å²) in [5.41, 5.74) is 2.35. The molecule has 2 rings (SSSR count). The molecule has 0 unspecified atom stereocenters. The zero-order valence-electron chi connectivity index (χ0n) is 11.7. The van der Waals surface area contributed by atoms with Crippen LogP contribution in [0.5, 0.6) is 0 Å². The SMILES string of the molecule is CN=Nc1ccc(N=[N+]([O-])c2ccc(N=NC)cc2)cc1. The Kier molecular flexibility index (Phi) is 4.81. The van der Waals surface area contributed by atoms with E-state index < -0.39 is 0 Å². The monoisotopic (exact) mass is 282 g/mol. The molecule has 0 atom stereocenters.